The van der Waals surface area contributed by atoms with Crippen molar-refractivity contribution in [2.75, 3.05) is 20.3 Å². The van der Waals surface area contributed by atoms with Crippen LogP contribution in [-0.4, -0.2) is 30.5 Å². The van der Waals surface area contributed by atoms with E-state index in [1.807, 2.05) is 25.1 Å². The van der Waals surface area contributed by atoms with Crippen LogP contribution in [0.4, 0.5) is 0 Å². The van der Waals surface area contributed by atoms with Crippen LogP contribution in [0.2, 0.25) is 0 Å². The van der Waals surface area contributed by atoms with Gasteiger partial charge in [-0.1, -0.05) is 11.2 Å². The lowest BCUT2D eigenvalue weighted by atomic mass is 10.1. The third-order valence-electron chi connectivity index (χ3n) is 3.39. The van der Waals surface area contributed by atoms with Gasteiger partial charge >= 0.3 is 0 Å². The molecule has 1 aliphatic heterocycles. The van der Waals surface area contributed by atoms with E-state index in [0.29, 0.717) is 12.5 Å². The molecule has 2 heterocycles. The molecule has 2 aromatic rings. The monoisotopic (exact) mass is 260 g/mol. The Labute approximate surface area is 111 Å². The highest BCUT2D eigenvalue weighted by Gasteiger charge is 2.23. The van der Waals surface area contributed by atoms with Crippen LogP contribution in [0.15, 0.2) is 22.7 Å². The van der Waals surface area contributed by atoms with Crippen LogP contribution >= 0.6 is 0 Å². The van der Waals surface area contributed by atoms with Gasteiger partial charge in [-0.15, -0.1) is 0 Å². The van der Waals surface area contributed by atoms with Gasteiger partial charge in [0.1, 0.15) is 5.75 Å². The van der Waals surface area contributed by atoms with Crippen molar-refractivity contribution in [2.24, 2.45) is 0 Å². The predicted molar refractivity (Wildman–Crippen MR) is 69.2 cm³/mol. The van der Waals surface area contributed by atoms with Crippen molar-refractivity contribution in [1.82, 2.24) is 10.1 Å². The van der Waals surface area contributed by atoms with Gasteiger partial charge in [0, 0.05) is 18.1 Å². The molecule has 5 heteroatoms. The Bertz CT molecular complexity index is 574. The third kappa shape index (κ3) is 2.33. The van der Waals surface area contributed by atoms with Gasteiger partial charge in [-0.25, -0.2) is 0 Å². The fourth-order valence-corrected chi connectivity index (χ4v) is 2.21. The first kappa shape index (κ1) is 12.2. The minimum Gasteiger partial charge on any atom is -0.496 e. The van der Waals surface area contributed by atoms with Crippen LogP contribution in [0.3, 0.4) is 0 Å². The van der Waals surface area contributed by atoms with E-state index in [-0.39, 0.29) is 5.92 Å². The molecule has 1 aliphatic rings. The van der Waals surface area contributed by atoms with Crippen molar-refractivity contribution in [2.45, 2.75) is 19.3 Å². The summed E-state index contributed by atoms with van der Waals surface area (Å²) < 4.78 is 16.0. The molecule has 0 unspecified atom stereocenters. The summed E-state index contributed by atoms with van der Waals surface area (Å²) in [6, 6.07) is 5.86. The topological polar surface area (TPSA) is 57.4 Å². The molecule has 0 radical (unpaired) electrons. The number of ether oxygens (including phenoxy) is 2. The largest absolute Gasteiger partial charge is 0.496 e. The summed E-state index contributed by atoms with van der Waals surface area (Å²) in [5.74, 6) is 2.33. The van der Waals surface area contributed by atoms with Crippen LogP contribution in [0.25, 0.3) is 11.5 Å². The Morgan fingerprint density at radius 2 is 2.26 bits per heavy atom. The van der Waals surface area contributed by atoms with Gasteiger partial charge in [-0.2, -0.15) is 4.98 Å². The second-order valence-electron chi connectivity index (χ2n) is 4.70. The fourth-order valence-electron chi connectivity index (χ4n) is 2.21. The van der Waals surface area contributed by atoms with E-state index in [0.717, 1.165) is 35.7 Å². The standard InChI is InChI=1S/C14H16N2O3/c1-9-3-4-10(7-12(9)17-2)14-15-13(16-19-14)11-5-6-18-8-11/h3-4,7,11H,5-6,8H2,1-2H3/t11-/m1/s1. The molecular weight excluding hydrogens is 244 g/mol. The van der Waals surface area contributed by atoms with Gasteiger partial charge in [0.25, 0.3) is 5.89 Å². The molecule has 19 heavy (non-hydrogen) atoms. The predicted octanol–water partition coefficient (Wildman–Crippen LogP) is 2.56. The molecule has 1 aromatic carbocycles. The number of methoxy groups -OCH3 is 1. The van der Waals surface area contributed by atoms with Gasteiger partial charge in [0.15, 0.2) is 5.82 Å². The van der Waals surface area contributed by atoms with Gasteiger partial charge in [-0.3, -0.25) is 0 Å². The Balaban J connectivity index is 1.89. The molecule has 0 saturated carbocycles. The highest BCUT2D eigenvalue weighted by molar-refractivity contribution is 5.57. The number of aryl methyl sites for hydroxylation is 1. The SMILES string of the molecule is COc1cc(-c2nc([C@@H]3CCOC3)no2)ccc1C. The smallest absolute Gasteiger partial charge is 0.258 e. The molecule has 0 aliphatic carbocycles. The summed E-state index contributed by atoms with van der Waals surface area (Å²) in [5.41, 5.74) is 1.95. The summed E-state index contributed by atoms with van der Waals surface area (Å²) in [7, 11) is 1.65. The van der Waals surface area contributed by atoms with Gasteiger partial charge in [0.05, 0.1) is 13.7 Å². The quantitative estimate of drug-likeness (QED) is 0.848. The zero-order valence-corrected chi connectivity index (χ0v) is 11.0. The summed E-state index contributed by atoms with van der Waals surface area (Å²) in [6.45, 7) is 3.45. The minimum atomic E-state index is 0.254. The molecule has 1 aromatic heterocycles. The van der Waals surface area contributed by atoms with Crippen LogP contribution in [0.1, 0.15) is 23.7 Å². The summed E-state index contributed by atoms with van der Waals surface area (Å²) in [6.07, 6.45) is 0.955. The van der Waals surface area contributed by atoms with Crippen molar-refractivity contribution in [3.05, 3.63) is 29.6 Å². The van der Waals surface area contributed by atoms with Crippen LogP contribution in [0, 0.1) is 6.92 Å². The summed E-state index contributed by atoms with van der Waals surface area (Å²) >= 11 is 0. The maximum atomic E-state index is 5.34. The van der Waals surface area contributed by atoms with E-state index >= 15 is 0 Å². The third-order valence-corrected chi connectivity index (χ3v) is 3.39. The molecule has 5 nitrogen and oxygen atoms in total. The second-order valence-corrected chi connectivity index (χ2v) is 4.70. The average Bonchev–Trinajstić information content (AvgIpc) is 3.10. The van der Waals surface area contributed by atoms with Crippen LogP contribution in [-0.2, 0) is 4.74 Å². The van der Waals surface area contributed by atoms with Crippen molar-refractivity contribution >= 4 is 0 Å². The normalized spacial score (nSPS) is 18.7. The molecule has 0 N–H and O–H groups in total. The van der Waals surface area contributed by atoms with E-state index in [4.69, 9.17) is 14.0 Å². The molecule has 0 spiro atoms. The fraction of sp³-hybridized carbons (Fsp3) is 0.429. The molecule has 1 saturated heterocycles. The molecule has 1 atom stereocenters. The molecular formula is C14H16N2O3. The first-order valence-electron chi connectivity index (χ1n) is 6.34. The lowest BCUT2D eigenvalue weighted by Gasteiger charge is -2.04. The number of aromatic nitrogens is 2. The maximum Gasteiger partial charge on any atom is 0.258 e. The van der Waals surface area contributed by atoms with Crippen LogP contribution in [0.5, 0.6) is 5.75 Å². The Hall–Kier alpha value is -1.88. The lowest BCUT2D eigenvalue weighted by molar-refractivity contribution is 0.192. The van der Waals surface area contributed by atoms with Crippen molar-refractivity contribution < 1.29 is 14.0 Å². The molecule has 1 fully saturated rings. The van der Waals surface area contributed by atoms with E-state index in [1.165, 1.54) is 0 Å². The van der Waals surface area contributed by atoms with E-state index in [1.54, 1.807) is 7.11 Å². The highest BCUT2D eigenvalue weighted by atomic mass is 16.5. The van der Waals surface area contributed by atoms with E-state index in [9.17, 15) is 0 Å². The van der Waals surface area contributed by atoms with Crippen molar-refractivity contribution in [3.8, 4) is 17.2 Å². The number of nitrogens with zero attached hydrogens (tertiary/aromatic N) is 2. The molecule has 0 amide bonds. The Morgan fingerprint density at radius 1 is 1.37 bits per heavy atom. The number of hydrogen-bond donors (Lipinski definition) is 0. The molecule has 3 rings (SSSR count). The zero-order chi connectivity index (χ0) is 13.2. The summed E-state index contributed by atoms with van der Waals surface area (Å²) in [4.78, 5) is 4.45. The average molecular weight is 260 g/mol. The van der Waals surface area contributed by atoms with E-state index < -0.39 is 0 Å². The number of rotatable bonds is 3. The van der Waals surface area contributed by atoms with Gasteiger partial charge in [0.2, 0.25) is 0 Å². The maximum absolute atomic E-state index is 5.34. The molecule has 0 bridgehead atoms. The first-order valence-corrected chi connectivity index (χ1v) is 6.34. The first-order chi connectivity index (χ1) is 9.28. The summed E-state index contributed by atoms with van der Waals surface area (Å²) in [5, 5.41) is 4.05. The second kappa shape index (κ2) is 5.01. The van der Waals surface area contributed by atoms with Crippen molar-refractivity contribution in [1.29, 1.82) is 0 Å². The number of benzene rings is 1. The van der Waals surface area contributed by atoms with Crippen molar-refractivity contribution in [3.63, 3.8) is 0 Å². The zero-order valence-electron chi connectivity index (χ0n) is 11.0. The van der Waals surface area contributed by atoms with Crippen LogP contribution < -0.4 is 4.74 Å². The van der Waals surface area contributed by atoms with Gasteiger partial charge in [-0.05, 0) is 31.0 Å². The Kier molecular flexibility index (Phi) is 3.21. The molecule has 100 valence electrons. The lowest BCUT2D eigenvalue weighted by Crippen LogP contribution is -1.99. The highest BCUT2D eigenvalue weighted by Crippen LogP contribution is 2.28. The van der Waals surface area contributed by atoms with Gasteiger partial charge < -0.3 is 14.0 Å². The Morgan fingerprint density at radius 3 is 3.00 bits per heavy atom. The number of hydrogen-bond acceptors (Lipinski definition) is 5. The van der Waals surface area contributed by atoms with E-state index in [2.05, 4.69) is 10.1 Å². The minimum absolute atomic E-state index is 0.254.